The highest BCUT2D eigenvalue weighted by Crippen LogP contribution is 2.35. The zero-order chi connectivity index (χ0) is 22.3. The Balaban J connectivity index is 1.73. The van der Waals surface area contributed by atoms with Crippen molar-refractivity contribution >= 4 is 51.8 Å². The van der Waals surface area contributed by atoms with Gasteiger partial charge in [0.1, 0.15) is 6.54 Å². The van der Waals surface area contributed by atoms with E-state index in [0.717, 1.165) is 39.0 Å². The SMILES string of the molecule is Cc1cccc(NC(=O)Cn2c3c(c4cc(Cl)c(Cl)cc42)CCN(C(=O)O)CC3)c1C. The van der Waals surface area contributed by atoms with Gasteiger partial charge in [0.05, 0.1) is 15.6 Å². The summed E-state index contributed by atoms with van der Waals surface area (Å²) in [5.74, 6) is -0.154. The van der Waals surface area contributed by atoms with Crippen molar-refractivity contribution in [1.82, 2.24) is 9.47 Å². The fourth-order valence-electron chi connectivity index (χ4n) is 4.22. The number of nitrogens with zero attached hydrogens (tertiary/aromatic N) is 2. The van der Waals surface area contributed by atoms with Crippen LogP contribution in [-0.4, -0.2) is 39.7 Å². The van der Waals surface area contributed by atoms with E-state index in [2.05, 4.69) is 5.32 Å². The largest absolute Gasteiger partial charge is 0.465 e. The molecule has 31 heavy (non-hydrogen) atoms. The third-order valence-electron chi connectivity index (χ3n) is 6.03. The fraction of sp³-hybridized carbons (Fsp3) is 0.304. The number of nitrogens with one attached hydrogen (secondary N) is 1. The van der Waals surface area contributed by atoms with Crippen LogP contribution in [0.25, 0.3) is 10.9 Å². The van der Waals surface area contributed by atoms with E-state index in [1.807, 2.05) is 42.7 Å². The van der Waals surface area contributed by atoms with Gasteiger partial charge in [0.2, 0.25) is 5.91 Å². The predicted molar refractivity (Wildman–Crippen MR) is 124 cm³/mol. The maximum absolute atomic E-state index is 13.0. The molecule has 0 saturated heterocycles. The highest BCUT2D eigenvalue weighted by atomic mass is 35.5. The van der Waals surface area contributed by atoms with E-state index in [1.54, 1.807) is 6.07 Å². The molecule has 0 radical (unpaired) electrons. The van der Waals surface area contributed by atoms with Crippen molar-refractivity contribution in [2.75, 3.05) is 18.4 Å². The van der Waals surface area contributed by atoms with Gasteiger partial charge in [0, 0.05) is 36.3 Å². The number of anilines is 1. The van der Waals surface area contributed by atoms with E-state index in [9.17, 15) is 14.7 Å². The van der Waals surface area contributed by atoms with E-state index in [1.165, 1.54) is 4.90 Å². The summed E-state index contributed by atoms with van der Waals surface area (Å²) in [6.45, 7) is 4.86. The molecule has 0 unspecified atom stereocenters. The summed E-state index contributed by atoms with van der Waals surface area (Å²) in [4.78, 5) is 25.9. The monoisotopic (exact) mass is 459 g/mol. The van der Waals surface area contributed by atoms with Gasteiger partial charge in [-0.2, -0.15) is 0 Å². The smallest absolute Gasteiger partial charge is 0.407 e. The Hall–Kier alpha value is -2.70. The summed E-state index contributed by atoms with van der Waals surface area (Å²) >= 11 is 12.6. The average molecular weight is 460 g/mol. The molecular formula is C23H23Cl2N3O3. The van der Waals surface area contributed by atoms with Crippen LogP contribution in [0.4, 0.5) is 10.5 Å². The second kappa shape index (κ2) is 8.44. The predicted octanol–water partition coefficient (Wildman–Crippen LogP) is 5.28. The molecule has 1 aliphatic heterocycles. The van der Waals surface area contributed by atoms with Crippen molar-refractivity contribution < 1.29 is 14.7 Å². The number of carbonyl (C=O) groups excluding carboxylic acids is 1. The lowest BCUT2D eigenvalue weighted by atomic mass is 10.1. The van der Waals surface area contributed by atoms with Gasteiger partial charge in [0.25, 0.3) is 0 Å². The van der Waals surface area contributed by atoms with Crippen molar-refractivity contribution in [1.29, 1.82) is 0 Å². The normalized spacial score (nSPS) is 13.7. The summed E-state index contributed by atoms with van der Waals surface area (Å²) in [7, 11) is 0. The highest BCUT2D eigenvalue weighted by Gasteiger charge is 2.25. The van der Waals surface area contributed by atoms with Crippen molar-refractivity contribution in [2.45, 2.75) is 33.2 Å². The standard InChI is InChI=1S/C23H23Cl2N3O3/c1-13-4-3-5-19(14(13)2)26-22(29)12-28-20-7-9-27(23(30)31)8-6-15(20)16-10-17(24)18(25)11-21(16)28/h3-5,10-11H,6-9,12H2,1-2H3,(H,26,29)(H,30,31). The Morgan fingerprint density at radius 2 is 1.81 bits per heavy atom. The first-order valence-electron chi connectivity index (χ1n) is 10.1. The Kier molecular flexibility index (Phi) is 5.86. The van der Waals surface area contributed by atoms with Gasteiger partial charge in [-0.3, -0.25) is 4.79 Å². The number of amides is 2. The number of aryl methyl sites for hydroxylation is 1. The van der Waals surface area contributed by atoms with Crippen LogP contribution in [0.5, 0.6) is 0 Å². The van der Waals surface area contributed by atoms with E-state index in [4.69, 9.17) is 23.2 Å². The Labute approximate surface area is 190 Å². The molecule has 1 aromatic heterocycles. The summed E-state index contributed by atoms with van der Waals surface area (Å²) in [6.07, 6.45) is 0.138. The lowest BCUT2D eigenvalue weighted by Crippen LogP contribution is -2.32. The second-order valence-corrected chi connectivity index (χ2v) is 8.67. The molecule has 0 fully saturated rings. The molecule has 3 aromatic rings. The molecule has 0 aliphatic carbocycles. The number of hydrogen-bond acceptors (Lipinski definition) is 2. The van der Waals surface area contributed by atoms with E-state index in [0.29, 0.717) is 36.0 Å². The molecule has 0 bridgehead atoms. The molecular weight excluding hydrogens is 437 g/mol. The maximum Gasteiger partial charge on any atom is 0.407 e. The summed E-state index contributed by atoms with van der Waals surface area (Å²) in [5.41, 5.74) is 5.72. The topological polar surface area (TPSA) is 74.6 Å². The molecule has 2 heterocycles. The minimum absolute atomic E-state index is 0.101. The fourth-order valence-corrected chi connectivity index (χ4v) is 4.54. The third kappa shape index (κ3) is 4.10. The lowest BCUT2D eigenvalue weighted by molar-refractivity contribution is -0.116. The minimum Gasteiger partial charge on any atom is -0.465 e. The third-order valence-corrected chi connectivity index (χ3v) is 6.75. The van der Waals surface area contributed by atoms with Crippen molar-refractivity contribution in [3.63, 3.8) is 0 Å². The molecule has 0 spiro atoms. The molecule has 4 rings (SSSR count). The van der Waals surface area contributed by atoms with Crippen LogP contribution < -0.4 is 5.32 Å². The van der Waals surface area contributed by atoms with Crippen LogP contribution in [0.2, 0.25) is 10.0 Å². The van der Waals surface area contributed by atoms with Gasteiger partial charge in [-0.15, -0.1) is 0 Å². The summed E-state index contributed by atoms with van der Waals surface area (Å²) in [5, 5.41) is 14.2. The first-order chi connectivity index (χ1) is 14.8. The van der Waals surface area contributed by atoms with Gasteiger partial charge >= 0.3 is 6.09 Å². The Morgan fingerprint density at radius 1 is 1.10 bits per heavy atom. The number of benzene rings is 2. The molecule has 162 valence electrons. The van der Waals surface area contributed by atoms with E-state index < -0.39 is 6.09 Å². The summed E-state index contributed by atoms with van der Waals surface area (Å²) < 4.78 is 1.94. The van der Waals surface area contributed by atoms with Crippen LogP contribution in [0.1, 0.15) is 22.4 Å². The summed E-state index contributed by atoms with van der Waals surface area (Å²) in [6, 6.07) is 9.40. The van der Waals surface area contributed by atoms with Crippen LogP contribution in [0.3, 0.4) is 0 Å². The Morgan fingerprint density at radius 3 is 2.55 bits per heavy atom. The molecule has 0 atom stereocenters. The molecule has 2 N–H and O–H groups in total. The lowest BCUT2D eigenvalue weighted by Gasteiger charge is -2.17. The zero-order valence-electron chi connectivity index (χ0n) is 17.3. The first kappa shape index (κ1) is 21.5. The number of hydrogen-bond donors (Lipinski definition) is 2. The zero-order valence-corrected chi connectivity index (χ0v) is 18.8. The number of rotatable bonds is 3. The number of halogens is 2. The second-order valence-electron chi connectivity index (χ2n) is 7.86. The van der Waals surface area contributed by atoms with E-state index >= 15 is 0 Å². The van der Waals surface area contributed by atoms with Gasteiger partial charge in [-0.1, -0.05) is 35.3 Å². The van der Waals surface area contributed by atoms with Gasteiger partial charge < -0.3 is 19.9 Å². The van der Waals surface area contributed by atoms with Crippen LogP contribution >= 0.6 is 23.2 Å². The number of carbonyl (C=O) groups is 2. The van der Waals surface area contributed by atoms with Gasteiger partial charge in [-0.25, -0.2) is 4.79 Å². The molecule has 2 aromatic carbocycles. The molecule has 6 nitrogen and oxygen atoms in total. The molecule has 0 saturated carbocycles. The molecule has 8 heteroatoms. The number of fused-ring (bicyclic) bond motifs is 3. The van der Waals surface area contributed by atoms with Crippen LogP contribution in [-0.2, 0) is 24.2 Å². The van der Waals surface area contributed by atoms with Gasteiger partial charge in [-0.05, 0) is 55.2 Å². The van der Waals surface area contributed by atoms with Crippen molar-refractivity contribution in [3.8, 4) is 0 Å². The Bertz CT molecular complexity index is 1200. The molecule has 1 aliphatic rings. The van der Waals surface area contributed by atoms with Crippen LogP contribution in [0.15, 0.2) is 30.3 Å². The first-order valence-corrected chi connectivity index (χ1v) is 10.8. The van der Waals surface area contributed by atoms with Gasteiger partial charge in [0.15, 0.2) is 0 Å². The van der Waals surface area contributed by atoms with E-state index in [-0.39, 0.29) is 12.5 Å². The van der Waals surface area contributed by atoms with Crippen molar-refractivity contribution in [2.24, 2.45) is 0 Å². The quantitative estimate of drug-likeness (QED) is 0.559. The maximum atomic E-state index is 13.0. The minimum atomic E-state index is -0.935. The van der Waals surface area contributed by atoms with Crippen LogP contribution in [0, 0.1) is 13.8 Å². The average Bonchev–Trinajstić information content (AvgIpc) is 2.87. The number of carboxylic acid groups (broad SMARTS) is 1. The number of aromatic nitrogens is 1. The molecule has 2 amide bonds. The van der Waals surface area contributed by atoms with Crippen molar-refractivity contribution in [3.05, 3.63) is 62.8 Å². The highest BCUT2D eigenvalue weighted by molar-refractivity contribution is 6.42.